The summed E-state index contributed by atoms with van der Waals surface area (Å²) in [6, 6.07) is 5.10. The van der Waals surface area contributed by atoms with E-state index < -0.39 is 0 Å². The Labute approximate surface area is 114 Å². The number of para-hydroxylation sites is 1. The van der Waals surface area contributed by atoms with Crippen LogP contribution in [0, 0.1) is 12.7 Å². The van der Waals surface area contributed by atoms with Crippen molar-refractivity contribution in [2.24, 2.45) is 0 Å². The minimum Gasteiger partial charge on any atom is -0.227 e. The van der Waals surface area contributed by atoms with Crippen molar-refractivity contribution in [2.45, 2.75) is 26.7 Å². The molecule has 3 rings (SSSR count). The molecule has 0 saturated carbocycles. The summed E-state index contributed by atoms with van der Waals surface area (Å²) < 4.78 is 15.8. The Bertz CT molecular complexity index is 742. The van der Waals surface area contributed by atoms with Crippen LogP contribution in [-0.4, -0.2) is 14.8 Å². The van der Waals surface area contributed by atoms with Gasteiger partial charge in [0, 0.05) is 16.5 Å². The maximum atomic E-state index is 14.1. The van der Waals surface area contributed by atoms with Gasteiger partial charge in [-0.25, -0.2) is 14.1 Å². The molecule has 3 aromatic rings. The molecule has 19 heavy (non-hydrogen) atoms. The Morgan fingerprint density at radius 1 is 1.32 bits per heavy atom. The van der Waals surface area contributed by atoms with Crippen molar-refractivity contribution < 1.29 is 4.39 Å². The van der Waals surface area contributed by atoms with Crippen molar-refractivity contribution in [1.29, 1.82) is 0 Å². The van der Waals surface area contributed by atoms with Crippen LogP contribution in [0.15, 0.2) is 24.4 Å². The van der Waals surface area contributed by atoms with Crippen LogP contribution in [-0.2, 0) is 0 Å². The van der Waals surface area contributed by atoms with Gasteiger partial charge < -0.3 is 0 Å². The molecule has 0 radical (unpaired) electrons. The van der Waals surface area contributed by atoms with Gasteiger partial charge in [-0.1, -0.05) is 26.0 Å². The third kappa shape index (κ3) is 1.94. The van der Waals surface area contributed by atoms with Gasteiger partial charge in [0.25, 0.3) is 0 Å². The van der Waals surface area contributed by atoms with Crippen LogP contribution in [0.4, 0.5) is 4.39 Å². The van der Waals surface area contributed by atoms with E-state index in [2.05, 4.69) is 23.9 Å². The molecule has 0 spiro atoms. The molecule has 2 aromatic heterocycles. The number of nitrogens with zero attached hydrogens (tertiary/aromatic N) is 3. The van der Waals surface area contributed by atoms with Gasteiger partial charge in [-0.3, -0.25) is 0 Å². The van der Waals surface area contributed by atoms with Gasteiger partial charge in [0.2, 0.25) is 5.13 Å². The first-order valence-electron chi connectivity index (χ1n) is 6.18. The van der Waals surface area contributed by atoms with Crippen LogP contribution >= 0.6 is 11.3 Å². The molecule has 98 valence electrons. The maximum absolute atomic E-state index is 14.1. The summed E-state index contributed by atoms with van der Waals surface area (Å²) >= 11 is 1.51. The molecular weight excluding hydrogens is 261 g/mol. The van der Waals surface area contributed by atoms with E-state index in [-0.39, 0.29) is 11.7 Å². The Morgan fingerprint density at radius 2 is 2.11 bits per heavy atom. The van der Waals surface area contributed by atoms with E-state index in [1.54, 1.807) is 16.9 Å². The van der Waals surface area contributed by atoms with Crippen LogP contribution in [0.5, 0.6) is 0 Å². The van der Waals surface area contributed by atoms with Gasteiger partial charge in [0.05, 0.1) is 5.69 Å². The summed E-state index contributed by atoms with van der Waals surface area (Å²) in [5.74, 6) is -0.0173. The lowest BCUT2D eigenvalue weighted by molar-refractivity contribution is 0.631. The van der Waals surface area contributed by atoms with Crippen LogP contribution in [0.2, 0.25) is 0 Å². The second-order valence-corrected chi connectivity index (χ2v) is 6.05. The van der Waals surface area contributed by atoms with E-state index in [9.17, 15) is 4.39 Å². The first kappa shape index (κ1) is 12.3. The lowest BCUT2D eigenvalue weighted by Crippen LogP contribution is -1.98. The zero-order valence-electron chi connectivity index (χ0n) is 11.0. The number of rotatable bonds is 2. The third-order valence-electron chi connectivity index (χ3n) is 3.02. The smallest absolute Gasteiger partial charge is 0.211 e. The number of halogens is 1. The molecule has 0 atom stereocenters. The van der Waals surface area contributed by atoms with E-state index in [1.165, 1.54) is 17.4 Å². The molecule has 0 amide bonds. The van der Waals surface area contributed by atoms with Gasteiger partial charge in [0.15, 0.2) is 0 Å². The Balaban J connectivity index is 2.36. The van der Waals surface area contributed by atoms with E-state index >= 15 is 0 Å². The molecule has 0 fully saturated rings. The third-order valence-corrected chi connectivity index (χ3v) is 3.91. The average molecular weight is 275 g/mol. The summed E-state index contributed by atoms with van der Waals surface area (Å²) in [6.07, 6.45) is 1.78. The number of aryl methyl sites for hydroxylation is 1. The molecule has 5 heteroatoms. The SMILES string of the molecule is Cc1cnc(-n2nc(C(C)C)c3cccc(F)c32)s1. The van der Waals surface area contributed by atoms with Crippen molar-refractivity contribution in [3.63, 3.8) is 0 Å². The van der Waals surface area contributed by atoms with Crippen LogP contribution in [0.1, 0.15) is 30.3 Å². The van der Waals surface area contributed by atoms with Gasteiger partial charge in [-0.15, -0.1) is 11.3 Å². The zero-order valence-corrected chi connectivity index (χ0v) is 11.8. The first-order chi connectivity index (χ1) is 9.08. The minimum absolute atomic E-state index is 0.242. The van der Waals surface area contributed by atoms with Gasteiger partial charge in [-0.05, 0) is 18.9 Å². The minimum atomic E-state index is -0.259. The highest BCUT2D eigenvalue weighted by molar-refractivity contribution is 7.14. The molecular formula is C14H14FN3S. The fourth-order valence-electron chi connectivity index (χ4n) is 2.15. The van der Waals surface area contributed by atoms with Crippen molar-refractivity contribution in [3.05, 3.63) is 40.8 Å². The Morgan fingerprint density at radius 3 is 2.74 bits per heavy atom. The van der Waals surface area contributed by atoms with Crippen LogP contribution < -0.4 is 0 Å². The van der Waals surface area contributed by atoms with Crippen molar-refractivity contribution >= 4 is 22.2 Å². The predicted molar refractivity (Wildman–Crippen MR) is 75.5 cm³/mol. The summed E-state index contributed by atoms with van der Waals surface area (Å²) in [5, 5.41) is 6.13. The molecule has 0 saturated heterocycles. The number of thiazole rings is 1. The molecule has 0 aliphatic rings. The number of hydrogen-bond acceptors (Lipinski definition) is 3. The zero-order chi connectivity index (χ0) is 13.6. The number of aromatic nitrogens is 3. The maximum Gasteiger partial charge on any atom is 0.211 e. The number of fused-ring (bicyclic) bond motifs is 1. The fraction of sp³-hybridized carbons (Fsp3) is 0.286. The highest BCUT2D eigenvalue weighted by atomic mass is 32.1. The standard InChI is InChI=1S/C14H14FN3S/c1-8(2)12-10-5-4-6-11(15)13(10)18(17-12)14-16-7-9(3)19-14/h4-8H,1-3H3. The van der Waals surface area contributed by atoms with Crippen LogP contribution in [0.25, 0.3) is 16.0 Å². The molecule has 0 bridgehead atoms. The number of hydrogen-bond donors (Lipinski definition) is 0. The molecule has 0 aliphatic heterocycles. The van der Waals surface area contributed by atoms with Crippen molar-refractivity contribution in [3.8, 4) is 5.13 Å². The molecule has 1 aromatic carbocycles. The largest absolute Gasteiger partial charge is 0.227 e. The molecule has 0 N–H and O–H groups in total. The van der Waals surface area contributed by atoms with E-state index in [0.29, 0.717) is 10.6 Å². The van der Waals surface area contributed by atoms with Crippen molar-refractivity contribution in [1.82, 2.24) is 14.8 Å². The summed E-state index contributed by atoms with van der Waals surface area (Å²) in [7, 11) is 0. The fourth-order valence-corrected chi connectivity index (χ4v) is 2.87. The molecule has 0 unspecified atom stereocenters. The van der Waals surface area contributed by atoms with Gasteiger partial charge in [0.1, 0.15) is 11.3 Å². The van der Waals surface area contributed by atoms with E-state index in [1.807, 2.05) is 13.0 Å². The lowest BCUT2D eigenvalue weighted by Gasteiger charge is -1.98. The first-order valence-corrected chi connectivity index (χ1v) is 6.99. The summed E-state index contributed by atoms with van der Waals surface area (Å²) in [6.45, 7) is 6.10. The second kappa shape index (κ2) is 4.42. The molecule has 3 nitrogen and oxygen atoms in total. The second-order valence-electron chi connectivity index (χ2n) is 4.84. The summed E-state index contributed by atoms with van der Waals surface area (Å²) in [4.78, 5) is 5.39. The Hall–Kier alpha value is -1.75. The topological polar surface area (TPSA) is 30.7 Å². The van der Waals surface area contributed by atoms with E-state index in [0.717, 1.165) is 16.0 Å². The quantitative estimate of drug-likeness (QED) is 0.706. The van der Waals surface area contributed by atoms with E-state index in [4.69, 9.17) is 0 Å². The highest BCUT2D eigenvalue weighted by Crippen LogP contribution is 2.29. The van der Waals surface area contributed by atoms with Gasteiger partial charge in [-0.2, -0.15) is 5.10 Å². The normalized spacial score (nSPS) is 11.6. The predicted octanol–water partition coefficient (Wildman–Crippen LogP) is 4.05. The van der Waals surface area contributed by atoms with Gasteiger partial charge >= 0.3 is 0 Å². The van der Waals surface area contributed by atoms with Crippen molar-refractivity contribution in [2.75, 3.05) is 0 Å². The van der Waals surface area contributed by atoms with Crippen LogP contribution in [0.3, 0.4) is 0 Å². The Kier molecular flexibility index (Phi) is 2.86. The lowest BCUT2D eigenvalue weighted by atomic mass is 10.1. The molecule has 2 heterocycles. The summed E-state index contributed by atoms with van der Waals surface area (Å²) in [5.41, 5.74) is 1.42. The number of benzene rings is 1. The highest BCUT2D eigenvalue weighted by Gasteiger charge is 2.18. The average Bonchev–Trinajstić information content (AvgIpc) is 2.93. The molecule has 0 aliphatic carbocycles. The monoisotopic (exact) mass is 275 g/mol.